The summed E-state index contributed by atoms with van der Waals surface area (Å²) in [5, 5.41) is 4.94. The number of benzene rings is 1. The number of ketones is 1. The zero-order valence-corrected chi connectivity index (χ0v) is 14.8. The van der Waals surface area contributed by atoms with Crippen molar-refractivity contribution in [2.24, 2.45) is 7.05 Å². The van der Waals surface area contributed by atoms with Crippen LogP contribution >= 0.6 is 0 Å². The van der Waals surface area contributed by atoms with Crippen molar-refractivity contribution in [3.63, 3.8) is 0 Å². The summed E-state index contributed by atoms with van der Waals surface area (Å²) in [5.41, 5.74) is 3.96. The van der Waals surface area contributed by atoms with Gasteiger partial charge in [-0.3, -0.25) is 14.5 Å². The number of carbonyl (C=O) groups is 1. The van der Waals surface area contributed by atoms with Crippen LogP contribution in [0.4, 0.5) is 4.39 Å². The van der Waals surface area contributed by atoms with Gasteiger partial charge in [-0.1, -0.05) is 6.92 Å². The highest BCUT2D eigenvalue weighted by Gasteiger charge is 2.26. The molecule has 1 aliphatic heterocycles. The minimum absolute atomic E-state index is 0.0258. The Morgan fingerprint density at radius 1 is 1.31 bits per heavy atom. The first-order valence-electron chi connectivity index (χ1n) is 8.76. The van der Waals surface area contributed by atoms with Gasteiger partial charge >= 0.3 is 0 Å². The lowest BCUT2D eigenvalue weighted by molar-refractivity contribution is -0.119. The Balaban J connectivity index is 1.84. The molecule has 1 unspecified atom stereocenters. The van der Waals surface area contributed by atoms with Crippen LogP contribution in [-0.2, 0) is 23.2 Å². The van der Waals surface area contributed by atoms with E-state index >= 15 is 0 Å². The fourth-order valence-corrected chi connectivity index (χ4v) is 3.61. The average molecular weight is 353 g/mol. The van der Waals surface area contributed by atoms with Crippen molar-refractivity contribution in [1.82, 2.24) is 14.8 Å². The summed E-state index contributed by atoms with van der Waals surface area (Å²) in [6, 6.07) is 3.30. The second-order valence-electron chi connectivity index (χ2n) is 6.72. The summed E-state index contributed by atoms with van der Waals surface area (Å²) in [6.45, 7) is 2.75. The molecule has 1 aromatic carbocycles. The molecule has 3 aromatic rings. The van der Waals surface area contributed by atoms with Gasteiger partial charge in [0.1, 0.15) is 11.6 Å². The van der Waals surface area contributed by atoms with Crippen molar-refractivity contribution in [3.05, 3.63) is 47.7 Å². The third-order valence-corrected chi connectivity index (χ3v) is 5.09. The number of carbonyl (C=O) groups excluding carboxylic acids is 1. The third kappa shape index (κ3) is 2.80. The number of hydrogen-bond acceptors (Lipinski definition) is 4. The van der Waals surface area contributed by atoms with E-state index in [1.165, 1.54) is 6.07 Å². The summed E-state index contributed by atoms with van der Waals surface area (Å²) in [5.74, 6) is -0.144. The normalized spacial score (nSPS) is 16.7. The van der Waals surface area contributed by atoms with Crippen LogP contribution in [0.1, 0.15) is 36.8 Å². The van der Waals surface area contributed by atoms with Gasteiger partial charge in [-0.25, -0.2) is 4.39 Å². The molecule has 0 saturated heterocycles. The molecule has 4 rings (SSSR count). The van der Waals surface area contributed by atoms with Crippen molar-refractivity contribution in [3.8, 4) is 11.1 Å². The Kier molecular flexibility index (Phi) is 4.28. The lowest BCUT2D eigenvalue weighted by Crippen LogP contribution is -2.20. The topological polar surface area (TPSA) is 57.0 Å². The van der Waals surface area contributed by atoms with Crippen molar-refractivity contribution in [2.45, 2.75) is 32.3 Å². The molecule has 0 saturated carbocycles. The van der Waals surface area contributed by atoms with Gasteiger partial charge in [0.25, 0.3) is 0 Å². The number of Topliss-reactive ketones (excluding diaryl/α,β-unsaturated/α-hetero) is 1. The SMILES string of the molecule is CCC(=O)CC1COCc2c(-c3cc4c(cnn4C)cc3F)cncc21. The Bertz CT molecular complexity index is 996. The van der Waals surface area contributed by atoms with E-state index < -0.39 is 0 Å². The quantitative estimate of drug-likeness (QED) is 0.717. The third-order valence-electron chi connectivity index (χ3n) is 5.09. The summed E-state index contributed by atoms with van der Waals surface area (Å²) in [6.07, 6.45) is 6.04. The van der Waals surface area contributed by atoms with Crippen molar-refractivity contribution >= 4 is 16.7 Å². The van der Waals surface area contributed by atoms with Crippen LogP contribution in [0.2, 0.25) is 0 Å². The number of aryl methyl sites for hydroxylation is 1. The van der Waals surface area contributed by atoms with Crippen LogP contribution in [0.25, 0.3) is 22.0 Å². The van der Waals surface area contributed by atoms with Gasteiger partial charge in [0.15, 0.2) is 0 Å². The van der Waals surface area contributed by atoms with Gasteiger partial charge in [0, 0.05) is 54.7 Å². The molecule has 1 aliphatic rings. The van der Waals surface area contributed by atoms with Crippen LogP contribution < -0.4 is 0 Å². The van der Waals surface area contributed by atoms with Gasteiger partial charge in [-0.05, 0) is 23.3 Å². The fourth-order valence-electron chi connectivity index (χ4n) is 3.61. The Morgan fingerprint density at radius 2 is 2.15 bits per heavy atom. The summed E-state index contributed by atoms with van der Waals surface area (Å²) in [7, 11) is 1.83. The molecular formula is C20H20FN3O2. The van der Waals surface area contributed by atoms with Gasteiger partial charge < -0.3 is 4.74 Å². The fraction of sp³-hybridized carbons (Fsp3) is 0.350. The minimum Gasteiger partial charge on any atom is -0.376 e. The van der Waals surface area contributed by atoms with Crippen molar-refractivity contribution in [1.29, 1.82) is 0 Å². The summed E-state index contributed by atoms with van der Waals surface area (Å²) < 4.78 is 22.2. The van der Waals surface area contributed by atoms with Gasteiger partial charge in [0.2, 0.25) is 0 Å². The van der Waals surface area contributed by atoms with Crippen molar-refractivity contribution in [2.75, 3.05) is 6.61 Å². The van der Waals surface area contributed by atoms with E-state index in [0.29, 0.717) is 31.6 Å². The maximum absolute atomic E-state index is 14.8. The minimum atomic E-state index is -0.313. The molecule has 134 valence electrons. The number of hydrogen-bond donors (Lipinski definition) is 0. The number of rotatable bonds is 4. The average Bonchev–Trinajstić information content (AvgIpc) is 3.00. The monoisotopic (exact) mass is 353 g/mol. The summed E-state index contributed by atoms with van der Waals surface area (Å²) in [4.78, 5) is 16.2. The molecule has 2 aromatic heterocycles. The van der Waals surface area contributed by atoms with E-state index in [9.17, 15) is 9.18 Å². The van der Waals surface area contributed by atoms with E-state index in [-0.39, 0.29) is 17.5 Å². The Labute approximate surface area is 150 Å². The number of fused-ring (bicyclic) bond motifs is 2. The number of halogens is 1. The van der Waals surface area contributed by atoms with Crippen LogP contribution in [0.15, 0.2) is 30.7 Å². The molecule has 6 heteroatoms. The first kappa shape index (κ1) is 16.8. The standard InChI is InChI=1S/C20H20FN3O2/c1-3-14(25)4-13-10-26-11-18-16(13)8-22-9-17(18)15-6-20-12(5-19(15)21)7-23-24(20)2/h5-9,13H,3-4,10-11H2,1-2H3. The smallest absolute Gasteiger partial charge is 0.133 e. The van der Waals surface area contributed by atoms with Crippen LogP contribution in [0, 0.1) is 5.82 Å². The largest absolute Gasteiger partial charge is 0.376 e. The van der Waals surface area contributed by atoms with E-state index in [2.05, 4.69) is 10.1 Å². The predicted octanol–water partition coefficient (Wildman–Crippen LogP) is 3.76. The maximum atomic E-state index is 14.8. The van der Waals surface area contributed by atoms with E-state index in [4.69, 9.17) is 4.74 Å². The van der Waals surface area contributed by atoms with E-state index in [1.54, 1.807) is 29.3 Å². The van der Waals surface area contributed by atoms with E-state index in [0.717, 1.165) is 27.6 Å². The molecule has 0 radical (unpaired) electrons. The summed E-state index contributed by atoms with van der Waals surface area (Å²) >= 11 is 0. The maximum Gasteiger partial charge on any atom is 0.133 e. The number of nitrogens with zero attached hydrogens (tertiary/aromatic N) is 3. The molecule has 0 aliphatic carbocycles. The van der Waals surface area contributed by atoms with Crippen LogP contribution in [0.3, 0.4) is 0 Å². The van der Waals surface area contributed by atoms with Crippen LogP contribution in [0.5, 0.6) is 0 Å². The van der Waals surface area contributed by atoms with Crippen molar-refractivity contribution < 1.29 is 13.9 Å². The Morgan fingerprint density at radius 3 is 2.96 bits per heavy atom. The molecule has 0 spiro atoms. The molecule has 1 atom stereocenters. The highest BCUT2D eigenvalue weighted by atomic mass is 19.1. The molecule has 3 heterocycles. The molecule has 0 bridgehead atoms. The second-order valence-corrected chi connectivity index (χ2v) is 6.72. The highest BCUT2D eigenvalue weighted by molar-refractivity contribution is 5.85. The molecule has 26 heavy (non-hydrogen) atoms. The molecule has 5 nitrogen and oxygen atoms in total. The second kappa shape index (κ2) is 6.61. The number of ether oxygens (including phenoxy) is 1. The zero-order valence-electron chi connectivity index (χ0n) is 14.8. The highest BCUT2D eigenvalue weighted by Crippen LogP contribution is 2.37. The number of aromatic nitrogens is 3. The molecular weight excluding hydrogens is 333 g/mol. The lowest BCUT2D eigenvalue weighted by Gasteiger charge is -2.27. The molecule has 0 fully saturated rings. The van der Waals surface area contributed by atoms with Crippen LogP contribution in [-0.4, -0.2) is 27.2 Å². The van der Waals surface area contributed by atoms with Gasteiger partial charge in [0.05, 0.1) is 24.9 Å². The lowest BCUT2D eigenvalue weighted by atomic mass is 9.86. The predicted molar refractivity (Wildman–Crippen MR) is 96.2 cm³/mol. The van der Waals surface area contributed by atoms with E-state index in [1.807, 2.05) is 14.0 Å². The molecule has 0 amide bonds. The first-order chi connectivity index (χ1) is 12.6. The molecule has 0 N–H and O–H groups in total. The van der Waals surface area contributed by atoms with Gasteiger partial charge in [-0.2, -0.15) is 5.10 Å². The number of pyridine rings is 1. The zero-order chi connectivity index (χ0) is 18.3. The Hall–Kier alpha value is -2.60. The van der Waals surface area contributed by atoms with Gasteiger partial charge in [-0.15, -0.1) is 0 Å². The first-order valence-corrected chi connectivity index (χ1v) is 8.76.